The van der Waals surface area contributed by atoms with Crippen molar-refractivity contribution in [3.05, 3.63) is 91.3 Å². The fourth-order valence-electron chi connectivity index (χ4n) is 5.06. The van der Waals surface area contributed by atoms with Gasteiger partial charge in [-0.2, -0.15) is 0 Å². The monoisotopic (exact) mass is 545 g/mol. The van der Waals surface area contributed by atoms with Crippen LogP contribution in [0.1, 0.15) is 38.8 Å². The molecule has 3 aromatic rings. The average Bonchev–Trinajstić information content (AvgIpc) is 3.20. The summed E-state index contributed by atoms with van der Waals surface area (Å²) in [5, 5.41) is 2.82. The Hall–Kier alpha value is -2.45. The molecule has 1 unspecified atom stereocenters. The molecule has 2 aromatic carbocycles. The highest BCUT2D eigenvalue weighted by molar-refractivity contribution is 7.10. The predicted molar refractivity (Wildman–Crippen MR) is 141 cm³/mol. The maximum Gasteiger partial charge on any atom is 0.253 e. The van der Waals surface area contributed by atoms with Crippen molar-refractivity contribution in [2.45, 2.75) is 18.9 Å². The Morgan fingerprint density at radius 2 is 1.75 bits per heavy atom. The van der Waals surface area contributed by atoms with Gasteiger partial charge in [0.1, 0.15) is 5.82 Å². The van der Waals surface area contributed by atoms with Gasteiger partial charge in [0.15, 0.2) is 0 Å². The van der Waals surface area contributed by atoms with E-state index in [9.17, 15) is 14.0 Å². The van der Waals surface area contributed by atoms with Gasteiger partial charge in [0.25, 0.3) is 5.91 Å². The van der Waals surface area contributed by atoms with E-state index in [1.807, 2.05) is 11.0 Å². The quantitative estimate of drug-likeness (QED) is 0.433. The first-order valence-electron chi connectivity index (χ1n) is 12.0. The maximum atomic E-state index is 14.1. The summed E-state index contributed by atoms with van der Waals surface area (Å²) >= 11 is 13.8. The van der Waals surface area contributed by atoms with Gasteiger partial charge < -0.3 is 9.80 Å². The second-order valence-corrected chi connectivity index (χ2v) is 10.9. The van der Waals surface area contributed by atoms with E-state index in [1.54, 1.807) is 46.6 Å². The second-order valence-electron chi connectivity index (χ2n) is 9.13. The van der Waals surface area contributed by atoms with Crippen molar-refractivity contribution >= 4 is 46.4 Å². The molecule has 0 radical (unpaired) electrons. The molecule has 5 nitrogen and oxygen atoms in total. The Morgan fingerprint density at radius 3 is 2.56 bits per heavy atom. The number of carbonyl (C=O) groups excluding carboxylic acids is 2. The third-order valence-corrected chi connectivity index (χ3v) is 8.61. The zero-order valence-electron chi connectivity index (χ0n) is 19.6. The summed E-state index contributed by atoms with van der Waals surface area (Å²) < 4.78 is 14.1. The minimum atomic E-state index is -0.277. The van der Waals surface area contributed by atoms with Gasteiger partial charge in [-0.15, -0.1) is 11.3 Å². The molecule has 9 heteroatoms. The number of halogens is 3. The third kappa shape index (κ3) is 5.30. The first kappa shape index (κ1) is 25.2. The molecule has 0 N–H and O–H groups in total. The Morgan fingerprint density at radius 1 is 0.944 bits per heavy atom. The van der Waals surface area contributed by atoms with E-state index < -0.39 is 0 Å². The number of nitrogens with zero attached hydrogens (tertiary/aromatic N) is 3. The maximum absolute atomic E-state index is 14.1. The van der Waals surface area contributed by atoms with Gasteiger partial charge >= 0.3 is 0 Å². The Labute approximate surface area is 224 Å². The van der Waals surface area contributed by atoms with Gasteiger partial charge in [0, 0.05) is 43.2 Å². The SMILES string of the molecule is O=C(CN1CCc2sccc2C1c1cccc(F)c1)N1CCCN(C(=O)c2ccc(Cl)c(Cl)c2)CC1. The highest BCUT2D eigenvalue weighted by Gasteiger charge is 2.32. The van der Waals surface area contributed by atoms with Crippen molar-refractivity contribution in [2.75, 3.05) is 39.3 Å². The second kappa shape index (κ2) is 10.9. The molecule has 188 valence electrons. The van der Waals surface area contributed by atoms with E-state index in [0.29, 0.717) is 48.2 Å². The van der Waals surface area contributed by atoms with E-state index >= 15 is 0 Å². The number of thiophene rings is 1. The van der Waals surface area contributed by atoms with Crippen LogP contribution in [0, 0.1) is 5.82 Å². The molecular formula is C27H26Cl2FN3O2S. The highest BCUT2D eigenvalue weighted by Crippen LogP contribution is 2.37. The molecular weight excluding hydrogens is 520 g/mol. The van der Waals surface area contributed by atoms with Crippen molar-refractivity contribution in [1.82, 2.24) is 14.7 Å². The van der Waals surface area contributed by atoms with Gasteiger partial charge in [-0.25, -0.2) is 4.39 Å². The zero-order valence-corrected chi connectivity index (χ0v) is 22.0. The van der Waals surface area contributed by atoms with Gasteiger partial charge in [-0.05, 0) is 65.7 Å². The van der Waals surface area contributed by atoms with Gasteiger partial charge in [-0.3, -0.25) is 14.5 Å². The molecule has 36 heavy (non-hydrogen) atoms. The number of carbonyl (C=O) groups is 2. The summed E-state index contributed by atoms with van der Waals surface area (Å²) in [6, 6.07) is 13.5. The van der Waals surface area contributed by atoms with Crippen LogP contribution in [0.5, 0.6) is 0 Å². The van der Waals surface area contributed by atoms with Crippen LogP contribution in [-0.2, 0) is 11.2 Å². The summed E-state index contributed by atoms with van der Waals surface area (Å²) in [6.45, 7) is 3.05. The van der Waals surface area contributed by atoms with Crippen LogP contribution < -0.4 is 0 Å². The molecule has 5 rings (SSSR count). The molecule has 2 aliphatic rings. The summed E-state index contributed by atoms with van der Waals surface area (Å²) in [7, 11) is 0. The van der Waals surface area contributed by atoms with Crippen LogP contribution in [0.2, 0.25) is 10.0 Å². The molecule has 3 heterocycles. The molecule has 1 fully saturated rings. The lowest BCUT2D eigenvalue weighted by atomic mass is 9.93. The first-order valence-corrected chi connectivity index (χ1v) is 13.6. The van der Waals surface area contributed by atoms with E-state index in [-0.39, 0.29) is 30.2 Å². The van der Waals surface area contributed by atoms with E-state index in [4.69, 9.17) is 23.2 Å². The molecule has 0 spiro atoms. The predicted octanol–water partition coefficient (Wildman–Crippen LogP) is 5.52. The summed E-state index contributed by atoms with van der Waals surface area (Å²) in [5.74, 6) is -0.366. The van der Waals surface area contributed by atoms with E-state index in [1.165, 1.54) is 10.9 Å². The fourth-order valence-corrected chi connectivity index (χ4v) is 6.26. The summed E-state index contributed by atoms with van der Waals surface area (Å²) in [4.78, 5) is 33.5. The van der Waals surface area contributed by atoms with Crippen LogP contribution in [0.25, 0.3) is 0 Å². The van der Waals surface area contributed by atoms with E-state index in [0.717, 1.165) is 24.1 Å². The molecule has 0 aliphatic carbocycles. The fraction of sp³-hybridized carbons (Fsp3) is 0.333. The highest BCUT2D eigenvalue weighted by atomic mass is 35.5. The molecule has 2 aliphatic heterocycles. The van der Waals surface area contributed by atoms with Gasteiger partial charge in [-0.1, -0.05) is 35.3 Å². The van der Waals surface area contributed by atoms with Crippen molar-refractivity contribution in [3.8, 4) is 0 Å². The lowest BCUT2D eigenvalue weighted by Gasteiger charge is -2.37. The lowest BCUT2D eigenvalue weighted by Crippen LogP contribution is -2.45. The molecule has 1 aromatic heterocycles. The van der Waals surface area contributed by atoms with Crippen molar-refractivity contribution in [1.29, 1.82) is 0 Å². The van der Waals surface area contributed by atoms with Crippen molar-refractivity contribution in [3.63, 3.8) is 0 Å². The topological polar surface area (TPSA) is 43.9 Å². The number of hydrogen-bond donors (Lipinski definition) is 0. The average molecular weight is 546 g/mol. The molecule has 1 saturated heterocycles. The Kier molecular flexibility index (Phi) is 7.62. The smallest absolute Gasteiger partial charge is 0.253 e. The van der Waals surface area contributed by atoms with E-state index in [2.05, 4.69) is 16.3 Å². The number of fused-ring (bicyclic) bond motifs is 1. The minimum Gasteiger partial charge on any atom is -0.340 e. The van der Waals surface area contributed by atoms with Crippen LogP contribution in [-0.4, -0.2) is 65.8 Å². The van der Waals surface area contributed by atoms with Crippen LogP contribution >= 0.6 is 34.5 Å². The van der Waals surface area contributed by atoms with Crippen LogP contribution in [0.4, 0.5) is 4.39 Å². The summed E-state index contributed by atoms with van der Waals surface area (Å²) in [5.41, 5.74) is 2.50. The summed E-state index contributed by atoms with van der Waals surface area (Å²) in [6.07, 6.45) is 1.57. The van der Waals surface area contributed by atoms with Gasteiger partial charge in [0.2, 0.25) is 5.91 Å². The molecule has 0 saturated carbocycles. The first-order chi connectivity index (χ1) is 17.4. The zero-order chi connectivity index (χ0) is 25.2. The normalized spacial score (nSPS) is 18.6. The van der Waals surface area contributed by atoms with Gasteiger partial charge in [0.05, 0.1) is 22.6 Å². The lowest BCUT2D eigenvalue weighted by molar-refractivity contribution is -0.132. The largest absolute Gasteiger partial charge is 0.340 e. The van der Waals surface area contributed by atoms with Crippen LogP contribution in [0.15, 0.2) is 53.9 Å². The number of hydrogen-bond acceptors (Lipinski definition) is 4. The number of benzene rings is 2. The molecule has 2 amide bonds. The number of amides is 2. The molecule has 0 bridgehead atoms. The van der Waals surface area contributed by atoms with Crippen LogP contribution in [0.3, 0.4) is 0 Å². The minimum absolute atomic E-state index is 0.0268. The standard InChI is InChI=1S/C27H26Cl2FN3O2S/c28-22-6-5-19(16-23(22)29)27(35)32-10-2-9-31(12-13-32)25(34)17-33-11-7-24-21(8-14-36-24)26(33)18-3-1-4-20(30)15-18/h1,3-6,8,14-16,26H,2,7,9-13,17H2. The Balaban J connectivity index is 1.27. The Bertz CT molecular complexity index is 1280. The van der Waals surface area contributed by atoms with Crippen molar-refractivity contribution in [2.24, 2.45) is 0 Å². The molecule has 1 atom stereocenters. The third-order valence-electron chi connectivity index (χ3n) is 6.87. The van der Waals surface area contributed by atoms with Crippen molar-refractivity contribution < 1.29 is 14.0 Å². The number of rotatable bonds is 4.